The Morgan fingerprint density at radius 3 is 2.62 bits per heavy atom. The van der Waals surface area contributed by atoms with Crippen molar-refractivity contribution in [3.05, 3.63) is 59.7 Å². The van der Waals surface area contributed by atoms with Crippen molar-refractivity contribution in [2.75, 3.05) is 23.3 Å². The van der Waals surface area contributed by atoms with Gasteiger partial charge < -0.3 is 15.5 Å². The number of nitrogens with one attached hydrogen (secondary N) is 2. The smallest absolute Gasteiger partial charge is 0.319 e. The molecule has 0 radical (unpaired) electrons. The number of anilines is 2. The predicted molar refractivity (Wildman–Crippen MR) is 105 cm³/mol. The average molecular weight is 351 g/mol. The molecule has 0 bridgehead atoms. The lowest BCUT2D eigenvalue weighted by atomic mass is 10.1. The molecule has 1 aliphatic rings. The van der Waals surface area contributed by atoms with Gasteiger partial charge in [0, 0.05) is 30.0 Å². The van der Waals surface area contributed by atoms with Crippen LogP contribution in [0.15, 0.2) is 48.5 Å². The molecule has 1 aliphatic heterocycles. The monoisotopic (exact) mass is 351 g/mol. The summed E-state index contributed by atoms with van der Waals surface area (Å²) in [5.74, 6) is 0.569. The fourth-order valence-corrected chi connectivity index (χ4v) is 3.08. The highest BCUT2D eigenvalue weighted by Crippen LogP contribution is 2.31. The van der Waals surface area contributed by atoms with E-state index in [2.05, 4.69) is 24.5 Å². The first kappa shape index (κ1) is 18.0. The van der Waals surface area contributed by atoms with E-state index in [1.807, 2.05) is 48.5 Å². The van der Waals surface area contributed by atoms with Crippen LogP contribution in [0.5, 0.6) is 0 Å². The van der Waals surface area contributed by atoms with E-state index in [-0.39, 0.29) is 11.9 Å². The van der Waals surface area contributed by atoms with E-state index >= 15 is 0 Å². The lowest BCUT2D eigenvalue weighted by Gasteiger charge is -2.18. The Kier molecular flexibility index (Phi) is 5.56. The van der Waals surface area contributed by atoms with Crippen molar-refractivity contribution in [1.29, 1.82) is 0 Å². The number of benzene rings is 2. The third-order valence-corrected chi connectivity index (χ3v) is 4.51. The zero-order chi connectivity index (χ0) is 18.5. The van der Waals surface area contributed by atoms with Crippen molar-refractivity contribution in [1.82, 2.24) is 5.32 Å². The molecular formula is C21H25N3O2. The second-order valence-electron chi connectivity index (χ2n) is 6.98. The molecule has 5 nitrogen and oxygen atoms in total. The Bertz CT molecular complexity index is 787. The highest BCUT2D eigenvalue weighted by molar-refractivity contribution is 6.07. The molecule has 3 amide bonds. The van der Waals surface area contributed by atoms with E-state index in [1.54, 1.807) is 4.90 Å². The van der Waals surface area contributed by atoms with Crippen LogP contribution >= 0.6 is 0 Å². The molecule has 3 rings (SSSR count). The number of nitrogens with zero attached hydrogens (tertiary/aromatic N) is 1. The number of hydrogen-bond donors (Lipinski definition) is 2. The number of rotatable bonds is 5. The van der Waals surface area contributed by atoms with E-state index in [0.717, 1.165) is 29.8 Å². The molecule has 1 heterocycles. The molecule has 136 valence electrons. The van der Waals surface area contributed by atoms with Gasteiger partial charge in [-0.25, -0.2) is 4.79 Å². The first-order chi connectivity index (χ1) is 12.5. The molecule has 5 heteroatoms. The van der Waals surface area contributed by atoms with Crippen LogP contribution in [0.3, 0.4) is 0 Å². The molecule has 0 unspecified atom stereocenters. The Labute approximate surface area is 154 Å². The van der Waals surface area contributed by atoms with Crippen LogP contribution in [0.1, 0.15) is 36.2 Å². The lowest BCUT2D eigenvalue weighted by Crippen LogP contribution is -2.30. The highest BCUT2D eigenvalue weighted by Gasteiger charge is 2.25. The molecule has 0 aliphatic carbocycles. The third-order valence-electron chi connectivity index (χ3n) is 4.51. The van der Waals surface area contributed by atoms with Gasteiger partial charge in [-0.3, -0.25) is 4.79 Å². The maximum Gasteiger partial charge on any atom is 0.319 e. The maximum absolute atomic E-state index is 12.7. The fraction of sp³-hybridized carbons (Fsp3) is 0.333. The normalized spacial score (nSPS) is 12.8. The van der Waals surface area contributed by atoms with Gasteiger partial charge in [0.25, 0.3) is 5.91 Å². The Morgan fingerprint density at radius 2 is 1.88 bits per heavy atom. The fourth-order valence-electron chi connectivity index (χ4n) is 3.08. The summed E-state index contributed by atoms with van der Waals surface area (Å²) in [6.07, 6.45) is 1.74. The molecule has 0 fully saturated rings. The van der Waals surface area contributed by atoms with Gasteiger partial charge >= 0.3 is 6.03 Å². The summed E-state index contributed by atoms with van der Waals surface area (Å²) < 4.78 is 0. The summed E-state index contributed by atoms with van der Waals surface area (Å²) >= 11 is 0. The van der Waals surface area contributed by atoms with Crippen LogP contribution in [0.2, 0.25) is 0 Å². The minimum atomic E-state index is -0.194. The van der Waals surface area contributed by atoms with Gasteiger partial charge in [0.15, 0.2) is 0 Å². The third kappa shape index (κ3) is 4.23. The average Bonchev–Trinajstić information content (AvgIpc) is 3.04. The zero-order valence-corrected chi connectivity index (χ0v) is 15.3. The van der Waals surface area contributed by atoms with E-state index in [9.17, 15) is 9.59 Å². The summed E-state index contributed by atoms with van der Waals surface area (Å²) in [6, 6.07) is 14.8. The number of amides is 3. The van der Waals surface area contributed by atoms with Crippen molar-refractivity contribution in [3.63, 3.8) is 0 Å². The lowest BCUT2D eigenvalue weighted by molar-refractivity contribution is 0.0989. The van der Waals surface area contributed by atoms with Crippen LogP contribution in [0.4, 0.5) is 16.2 Å². The first-order valence-corrected chi connectivity index (χ1v) is 9.09. The summed E-state index contributed by atoms with van der Waals surface area (Å²) in [5.41, 5.74) is 3.44. The number of hydrogen-bond acceptors (Lipinski definition) is 2. The van der Waals surface area contributed by atoms with Crippen molar-refractivity contribution in [3.8, 4) is 0 Å². The van der Waals surface area contributed by atoms with E-state index in [0.29, 0.717) is 24.6 Å². The van der Waals surface area contributed by atoms with Gasteiger partial charge in [-0.1, -0.05) is 32.0 Å². The summed E-state index contributed by atoms with van der Waals surface area (Å²) in [6.45, 7) is 5.58. The minimum absolute atomic E-state index is 0.0106. The predicted octanol–water partition coefficient (Wildman–Crippen LogP) is 4.06. The molecule has 26 heavy (non-hydrogen) atoms. The molecule has 2 aromatic carbocycles. The van der Waals surface area contributed by atoms with Crippen molar-refractivity contribution in [2.45, 2.75) is 26.7 Å². The summed E-state index contributed by atoms with van der Waals surface area (Å²) in [5, 5.41) is 5.73. The molecule has 0 saturated heterocycles. The minimum Gasteiger partial charge on any atom is -0.338 e. The maximum atomic E-state index is 12.7. The Balaban J connectivity index is 1.65. The molecule has 0 spiro atoms. The van der Waals surface area contributed by atoms with Crippen molar-refractivity contribution < 1.29 is 9.59 Å². The van der Waals surface area contributed by atoms with Crippen LogP contribution in [-0.4, -0.2) is 25.0 Å². The molecule has 0 saturated carbocycles. The van der Waals surface area contributed by atoms with E-state index < -0.39 is 0 Å². The van der Waals surface area contributed by atoms with Gasteiger partial charge in [-0.2, -0.15) is 0 Å². The van der Waals surface area contributed by atoms with Crippen molar-refractivity contribution in [2.24, 2.45) is 5.92 Å². The van der Waals surface area contributed by atoms with Crippen LogP contribution < -0.4 is 15.5 Å². The molecule has 0 aromatic heterocycles. The highest BCUT2D eigenvalue weighted by atomic mass is 16.2. The Morgan fingerprint density at radius 1 is 1.12 bits per heavy atom. The second-order valence-corrected chi connectivity index (χ2v) is 6.98. The van der Waals surface area contributed by atoms with Crippen LogP contribution in [-0.2, 0) is 6.42 Å². The number of carbonyl (C=O) groups is 2. The molecular weight excluding hydrogens is 326 g/mol. The molecule has 2 aromatic rings. The van der Waals surface area contributed by atoms with Crippen molar-refractivity contribution >= 4 is 23.3 Å². The van der Waals surface area contributed by atoms with E-state index in [4.69, 9.17) is 0 Å². The van der Waals surface area contributed by atoms with Crippen LogP contribution in [0, 0.1) is 5.92 Å². The summed E-state index contributed by atoms with van der Waals surface area (Å²) in [7, 11) is 0. The number of urea groups is 1. The zero-order valence-electron chi connectivity index (χ0n) is 15.3. The molecule has 2 N–H and O–H groups in total. The van der Waals surface area contributed by atoms with Crippen LogP contribution in [0.25, 0.3) is 0 Å². The standard InChI is InChI=1S/C21H25N3O2/c1-15(2)10-12-22-21(26)23-18-8-9-19-17(14-18)11-13-24(19)20(25)16-6-4-3-5-7-16/h3-9,14-15H,10-13H2,1-2H3,(H2,22,23,26). The number of carbonyl (C=O) groups excluding carboxylic acids is 2. The van der Waals surface area contributed by atoms with Gasteiger partial charge in [-0.15, -0.1) is 0 Å². The Hall–Kier alpha value is -2.82. The van der Waals surface area contributed by atoms with Gasteiger partial charge in [0.2, 0.25) is 0 Å². The largest absolute Gasteiger partial charge is 0.338 e. The summed E-state index contributed by atoms with van der Waals surface area (Å²) in [4.78, 5) is 26.5. The quantitative estimate of drug-likeness (QED) is 0.853. The first-order valence-electron chi connectivity index (χ1n) is 9.09. The molecule has 0 atom stereocenters. The number of fused-ring (bicyclic) bond motifs is 1. The topological polar surface area (TPSA) is 61.4 Å². The second kappa shape index (κ2) is 8.04. The van der Waals surface area contributed by atoms with Gasteiger partial charge in [0.05, 0.1) is 0 Å². The van der Waals surface area contributed by atoms with E-state index in [1.165, 1.54) is 0 Å². The van der Waals surface area contributed by atoms with Gasteiger partial charge in [-0.05, 0) is 54.7 Å². The van der Waals surface area contributed by atoms with Gasteiger partial charge in [0.1, 0.15) is 0 Å². The SMILES string of the molecule is CC(C)CCNC(=O)Nc1ccc2c(c1)CCN2C(=O)c1ccccc1.